The fourth-order valence-corrected chi connectivity index (χ4v) is 2.47. The average Bonchev–Trinajstić information content (AvgIpc) is 2.42. The molecule has 0 aliphatic heterocycles. The monoisotopic (exact) mass is 265 g/mol. The van der Waals surface area contributed by atoms with Crippen LogP contribution >= 0.6 is 0 Å². The predicted octanol–water partition coefficient (Wildman–Crippen LogP) is 5.30. The largest absolute Gasteiger partial charge is 0.313 e. The molecule has 0 saturated carbocycles. The van der Waals surface area contributed by atoms with Gasteiger partial charge in [-0.1, -0.05) is 71.6 Å². The molecule has 0 aliphatic carbocycles. The highest BCUT2D eigenvalue weighted by molar-refractivity contribution is 4.89. The maximum atomic E-state index is 5.42. The van der Waals surface area contributed by atoms with Gasteiger partial charge in [-0.25, -0.2) is 0 Å². The van der Waals surface area contributed by atoms with Gasteiger partial charge in [0.25, 0.3) is 0 Å². The Morgan fingerprint density at radius 3 is 1.95 bits per heavy atom. The molecule has 0 bridgehead atoms. The van der Waals surface area contributed by atoms with Crippen LogP contribution < -0.4 is 5.32 Å². The first-order chi connectivity index (χ1) is 9.35. The van der Waals surface area contributed by atoms with Gasteiger partial charge < -0.3 is 5.32 Å². The maximum Gasteiger partial charge on any atom is 0.0240 e. The third-order valence-corrected chi connectivity index (χ3v) is 3.70. The van der Waals surface area contributed by atoms with Crippen molar-refractivity contribution in [3.8, 4) is 12.3 Å². The zero-order valence-corrected chi connectivity index (χ0v) is 13.3. The zero-order chi connectivity index (χ0) is 14.2. The molecule has 0 aromatic heterocycles. The number of hydrogen-bond donors (Lipinski definition) is 1. The van der Waals surface area contributed by atoms with Gasteiger partial charge in [0.2, 0.25) is 0 Å². The zero-order valence-electron chi connectivity index (χ0n) is 13.3. The summed E-state index contributed by atoms with van der Waals surface area (Å²) >= 11 is 0. The molecule has 1 nitrogen and oxygen atoms in total. The normalized spacial score (nSPS) is 12.3. The molecule has 0 fully saturated rings. The molecular weight excluding hydrogens is 230 g/mol. The summed E-state index contributed by atoms with van der Waals surface area (Å²) in [4.78, 5) is 0. The van der Waals surface area contributed by atoms with E-state index in [0.717, 1.165) is 13.0 Å². The van der Waals surface area contributed by atoms with E-state index in [1.54, 1.807) is 0 Å². The molecule has 0 aromatic rings. The van der Waals surface area contributed by atoms with Gasteiger partial charge in [-0.3, -0.25) is 0 Å². The Morgan fingerprint density at radius 2 is 1.42 bits per heavy atom. The van der Waals surface area contributed by atoms with E-state index < -0.39 is 0 Å². The van der Waals surface area contributed by atoms with Gasteiger partial charge in [0.1, 0.15) is 0 Å². The molecule has 0 aromatic carbocycles. The first-order valence-electron chi connectivity index (χ1n) is 8.52. The van der Waals surface area contributed by atoms with E-state index in [4.69, 9.17) is 6.42 Å². The van der Waals surface area contributed by atoms with Crippen molar-refractivity contribution in [3.05, 3.63) is 0 Å². The highest BCUT2D eigenvalue weighted by Crippen LogP contribution is 2.12. The van der Waals surface area contributed by atoms with Crippen molar-refractivity contribution in [2.45, 2.75) is 96.9 Å². The van der Waals surface area contributed by atoms with Crippen molar-refractivity contribution in [3.63, 3.8) is 0 Å². The minimum atomic E-state index is 0.550. The lowest BCUT2D eigenvalue weighted by molar-refractivity contribution is 0.457. The summed E-state index contributed by atoms with van der Waals surface area (Å²) in [5.41, 5.74) is 0. The van der Waals surface area contributed by atoms with Crippen LogP contribution in [0.3, 0.4) is 0 Å². The van der Waals surface area contributed by atoms with E-state index >= 15 is 0 Å². The Hall–Kier alpha value is -0.480. The molecule has 0 heterocycles. The lowest BCUT2D eigenvalue weighted by Crippen LogP contribution is -2.29. The molecule has 0 radical (unpaired) electrons. The average molecular weight is 265 g/mol. The van der Waals surface area contributed by atoms with Gasteiger partial charge in [0, 0.05) is 12.5 Å². The molecule has 0 aliphatic rings. The summed E-state index contributed by atoms with van der Waals surface area (Å²) < 4.78 is 0. The SMILES string of the molecule is C#CCC(CCCCCCCCCCC)NCCC. The minimum Gasteiger partial charge on any atom is -0.313 e. The second kappa shape index (κ2) is 15.6. The van der Waals surface area contributed by atoms with E-state index in [2.05, 4.69) is 25.1 Å². The lowest BCUT2D eigenvalue weighted by atomic mass is 10.0. The van der Waals surface area contributed by atoms with E-state index in [9.17, 15) is 0 Å². The Bertz CT molecular complexity index is 204. The Morgan fingerprint density at radius 1 is 0.842 bits per heavy atom. The predicted molar refractivity (Wildman–Crippen MR) is 87.4 cm³/mol. The molecule has 19 heavy (non-hydrogen) atoms. The number of rotatable bonds is 14. The number of hydrogen-bond acceptors (Lipinski definition) is 1. The van der Waals surface area contributed by atoms with Gasteiger partial charge in [-0.2, -0.15) is 0 Å². The van der Waals surface area contributed by atoms with Crippen molar-refractivity contribution in [1.29, 1.82) is 0 Å². The molecule has 112 valence electrons. The second-order valence-corrected chi connectivity index (χ2v) is 5.68. The van der Waals surface area contributed by atoms with E-state index in [1.165, 1.54) is 70.6 Å². The van der Waals surface area contributed by atoms with Crippen LogP contribution in [-0.4, -0.2) is 12.6 Å². The van der Waals surface area contributed by atoms with Crippen LogP contribution in [-0.2, 0) is 0 Å². The number of unbranched alkanes of at least 4 members (excludes halogenated alkanes) is 8. The van der Waals surface area contributed by atoms with Crippen molar-refractivity contribution >= 4 is 0 Å². The van der Waals surface area contributed by atoms with E-state index in [-0.39, 0.29) is 0 Å². The quantitative estimate of drug-likeness (QED) is 0.332. The first kappa shape index (κ1) is 18.5. The third-order valence-electron chi connectivity index (χ3n) is 3.70. The van der Waals surface area contributed by atoms with Crippen molar-refractivity contribution in [1.82, 2.24) is 5.32 Å². The highest BCUT2D eigenvalue weighted by Gasteiger charge is 2.05. The Balaban J connectivity index is 3.32. The van der Waals surface area contributed by atoms with Gasteiger partial charge in [-0.05, 0) is 19.4 Å². The minimum absolute atomic E-state index is 0.550. The van der Waals surface area contributed by atoms with Crippen molar-refractivity contribution in [2.24, 2.45) is 0 Å². The summed E-state index contributed by atoms with van der Waals surface area (Å²) in [6, 6.07) is 0.550. The topological polar surface area (TPSA) is 12.0 Å². The first-order valence-corrected chi connectivity index (χ1v) is 8.52. The second-order valence-electron chi connectivity index (χ2n) is 5.68. The molecule has 0 amide bonds. The van der Waals surface area contributed by atoms with Gasteiger partial charge >= 0.3 is 0 Å². The summed E-state index contributed by atoms with van der Waals surface area (Å²) in [5, 5.41) is 3.55. The van der Waals surface area contributed by atoms with Crippen LogP contribution in [0.25, 0.3) is 0 Å². The lowest BCUT2D eigenvalue weighted by Gasteiger charge is -2.15. The van der Waals surface area contributed by atoms with Crippen molar-refractivity contribution in [2.75, 3.05) is 6.54 Å². The molecular formula is C18H35N. The summed E-state index contributed by atoms with van der Waals surface area (Å²) in [6.07, 6.45) is 21.4. The van der Waals surface area contributed by atoms with Crippen LogP contribution in [0.2, 0.25) is 0 Å². The Kier molecular flexibility index (Phi) is 15.2. The standard InChI is InChI=1S/C18H35N/c1-4-7-8-9-10-11-12-13-14-16-18(15-5-2)19-17-6-3/h2,18-19H,4,6-17H2,1,3H3. The van der Waals surface area contributed by atoms with Crippen LogP contribution in [0.4, 0.5) is 0 Å². The van der Waals surface area contributed by atoms with Gasteiger partial charge in [-0.15, -0.1) is 12.3 Å². The Labute approximate surface area is 121 Å². The number of nitrogens with one attached hydrogen (secondary N) is 1. The van der Waals surface area contributed by atoms with Crippen LogP contribution in [0.1, 0.15) is 90.9 Å². The maximum absolute atomic E-state index is 5.42. The molecule has 1 heteroatoms. The van der Waals surface area contributed by atoms with E-state index in [1.807, 2.05) is 0 Å². The molecule has 0 saturated heterocycles. The van der Waals surface area contributed by atoms with Crippen LogP contribution in [0.5, 0.6) is 0 Å². The van der Waals surface area contributed by atoms with Crippen LogP contribution in [0, 0.1) is 12.3 Å². The fraction of sp³-hybridized carbons (Fsp3) is 0.889. The molecule has 0 spiro atoms. The molecule has 1 atom stereocenters. The summed E-state index contributed by atoms with van der Waals surface area (Å²) in [7, 11) is 0. The molecule has 0 rings (SSSR count). The third kappa shape index (κ3) is 13.7. The summed E-state index contributed by atoms with van der Waals surface area (Å²) in [5.74, 6) is 2.79. The highest BCUT2D eigenvalue weighted by atomic mass is 14.9. The van der Waals surface area contributed by atoms with Gasteiger partial charge in [0.15, 0.2) is 0 Å². The summed E-state index contributed by atoms with van der Waals surface area (Å²) in [6.45, 7) is 5.58. The van der Waals surface area contributed by atoms with Crippen LogP contribution in [0.15, 0.2) is 0 Å². The van der Waals surface area contributed by atoms with Gasteiger partial charge in [0.05, 0.1) is 0 Å². The van der Waals surface area contributed by atoms with E-state index in [0.29, 0.717) is 6.04 Å². The molecule has 1 unspecified atom stereocenters. The number of terminal acetylenes is 1. The smallest absolute Gasteiger partial charge is 0.0240 e. The fourth-order valence-electron chi connectivity index (χ4n) is 2.47. The molecule has 1 N–H and O–H groups in total. The van der Waals surface area contributed by atoms with Crippen molar-refractivity contribution < 1.29 is 0 Å².